The lowest BCUT2D eigenvalue weighted by atomic mass is 9.94. The molecule has 0 aromatic heterocycles. The van der Waals surface area contributed by atoms with Gasteiger partial charge in [-0.3, -0.25) is 0 Å². The molecule has 86 valence electrons. The van der Waals surface area contributed by atoms with Crippen LogP contribution in [0.15, 0.2) is 36.7 Å². The second kappa shape index (κ2) is 7.41. The summed E-state index contributed by atoms with van der Waals surface area (Å²) in [6, 6.07) is 0.503. The largest absolute Gasteiger partial charge is 0.306 e. The molecular formula is C13H22FN. The maximum absolute atomic E-state index is 11.8. The van der Waals surface area contributed by atoms with Crippen molar-refractivity contribution in [3.8, 4) is 0 Å². The molecule has 0 aromatic carbocycles. The first-order valence-electron chi connectivity index (χ1n) is 5.27. The third-order valence-corrected chi connectivity index (χ3v) is 2.84. The van der Waals surface area contributed by atoms with E-state index in [-0.39, 0.29) is 0 Å². The summed E-state index contributed by atoms with van der Waals surface area (Å²) in [5, 5.41) is 0. The van der Waals surface area contributed by atoms with Gasteiger partial charge < -0.3 is 4.90 Å². The van der Waals surface area contributed by atoms with Gasteiger partial charge >= 0.3 is 0 Å². The molecule has 0 aliphatic heterocycles. The Hall–Kier alpha value is -0.890. The van der Waals surface area contributed by atoms with Crippen LogP contribution in [0.5, 0.6) is 0 Å². The van der Waals surface area contributed by atoms with Gasteiger partial charge in [0, 0.05) is 6.04 Å². The van der Waals surface area contributed by atoms with E-state index in [1.165, 1.54) is 6.08 Å². The second-order valence-corrected chi connectivity index (χ2v) is 4.15. The van der Waals surface area contributed by atoms with E-state index in [9.17, 15) is 4.39 Å². The molecule has 2 heteroatoms. The molecule has 0 fully saturated rings. The van der Waals surface area contributed by atoms with Gasteiger partial charge in [-0.15, -0.1) is 0 Å². The summed E-state index contributed by atoms with van der Waals surface area (Å²) in [7, 11) is 4.14. The van der Waals surface area contributed by atoms with E-state index in [0.29, 0.717) is 18.3 Å². The van der Waals surface area contributed by atoms with E-state index in [2.05, 4.69) is 39.4 Å². The van der Waals surface area contributed by atoms with Gasteiger partial charge in [-0.1, -0.05) is 25.7 Å². The highest BCUT2D eigenvalue weighted by atomic mass is 19.1. The van der Waals surface area contributed by atoms with Crippen LogP contribution in [0.4, 0.5) is 4.39 Å². The van der Waals surface area contributed by atoms with Crippen LogP contribution in [0, 0.1) is 5.92 Å². The lowest BCUT2D eigenvalue weighted by Gasteiger charge is -2.26. The van der Waals surface area contributed by atoms with Crippen molar-refractivity contribution in [2.45, 2.75) is 26.3 Å². The van der Waals surface area contributed by atoms with Crippen molar-refractivity contribution in [2.75, 3.05) is 14.1 Å². The van der Waals surface area contributed by atoms with Crippen LogP contribution in [0.2, 0.25) is 0 Å². The molecule has 0 saturated heterocycles. The van der Waals surface area contributed by atoms with Gasteiger partial charge in [-0.05, 0) is 45.0 Å². The molecule has 0 spiro atoms. The molecule has 0 aliphatic rings. The Labute approximate surface area is 93.0 Å². The Morgan fingerprint density at radius 2 is 2.00 bits per heavy atom. The van der Waals surface area contributed by atoms with Gasteiger partial charge in [-0.2, -0.15) is 0 Å². The second-order valence-electron chi connectivity index (χ2n) is 4.15. The Balaban J connectivity index is 4.36. The van der Waals surface area contributed by atoms with Crippen LogP contribution in [-0.4, -0.2) is 25.0 Å². The minimum absolute atomic E-state index is 0.503. The van der Waals surface area contributed by atoms with E-state index in [0.717, 1.165) is 12.0 Å². The van der Waals surface area contributed by atoms with Crippen LogP contribution in [-0.2, 0) is 0 Å². The van der Waals surface area contributed by atoms with Crippen LogP contribution < -0.4 is 0 Å². The van der Waals surface area contributed by atoms with Crippen LogP contribution in [0.25, 0.3) is 0 Å². The SMILES string of the molecule is C=C/C(=C\C=C\F)CC(C)C(C)N(C)C. The number of rotatable bonds is 6. The fraction of sp³-hybridized carbons (Fsp3) is 0.538. The van der Waals surface area contributed by atoms with E-state index in [1.54, 1.807) is 12.2 Å². The molecule has 0 radical (unpaired) electrons. The standard InChI is InChI=1S/C13H22FN/c1-6-13(8-7-9-14)10-11(2)12(3)15(4)5/h6-9,11-12H,1,10H2,2-5H3/b9-7+,13-8+. The molecule has 0 rings (SSSR count). The van der Waals surface area contributed by atoms with E-state index in [1.807, 2.05) is 0 Å². The number of hydrogen-bond donors (Lipinski definition) is 0. The molecule has 0 aromatic rings. The highest BCUT2D eigenvalue weighted by Crippen LogP contribution is 2.18. The molecule has 0 bridgehead atoms. The van der Waals surface area contributed by atoms with Crippen molar-refractivity contribution in [1.82, 2.24) is 4.90 Å². The van der Waals surface area contributed by atoms with Gasteiger partial charge in [0.05, 0.1) is 6.33 Å². The topological polar surface area (TPSA) is 3.24 Å². The zero-order valence-electron chi connectivity index (χ0n) is 10.2. The van der Waals surface area contributed by atoms with Crippen molar-refractivity contribution in [3.63, 3.8) is 0 Å². The molecule has 2 atom stereocenters. The van der Waals surface area contributed by atoms with Gasteiger partial charge in [0.15, 0.2) is 0 Å². The van der Waals surface area contributed by atoms with Crippen LogP contribution in [0.1, 0.15) is 20.3 Å². The number of allylic oxidation sites excluding steroid dienone is 4. The van der Waals surface area contributed by atoms with Crippen LogP contribution in [0.3, 0.4) is 0 Å². The molecule has 0 aliphatic carbocycles. The summed E-state index contributed by atoms with van der Waals surface area (Å²) in [6.07, 6.45) is 6.44. The number of nitrogens with zero attached hydrogens (tertiary/aromatic N) is 1. The van der Waals surface area contributed by atoms with Gasteiger partial charge in [0.1, 0.15) is 0 Å². The van der Waals surface area contributed by atoms with E-state index >= 15 is 0 Å². The predicted octanol–water partition coefficient (Wildman–Crippen LogP) is 3.56. The van der Waals surface area contributed by atoms with Gasteiger partial charge in [0.2, 0.25) is 0 Å². The Morgan fingerprint density at radius 3 is 2.40 bits per heavy atom. The summed E-state index contributed by atoms with van der Waals surface area (Å²) in [4.78, 5) is 2.19. The summed E-state index contributed by atoms with van der Waals surface area (Å²) < 4.78 is 11.8. The predicted molar refractivity (Wildman–Crippen MR) is 65.5 cm³/mol. The average molecular weight is 211 g/mol. The third kappa shape index (κ3) is 5.53. The Morgan fingerprint density at radius 1 is 1.40 bits per heavy atom. The molecule has 0 heterocycles. The quantitative estimate of drug-likeness (QED) is 0.607. The van der Waals surface area contributed by atoms with Crippen molar-refractivity contribution in [1.29, 1.82) is 0 Å². The lowest BCUT2D eigenvalue weighted by molar-refractivity contribution is 0.238. The average Bonchev–Trinajstić information content (AvgIpc) is 2.22. The minimum Gasteiger partial charge on any atom is -0.306 e. The summed E-state index contributed by atoms with van der Waals surface area (Å²) in [5.74, 6) is 0.525. The molecule has 0 saturated carbocycles. The molecule has 2 unspecified atom stereocenters. The first-order valence-corrected chi connectivity index (χ1v) is 5.27. The van der Waals surface area contributed by atoms with Crippen molar-refractivity contribution >= 4 is 0 Å². The molecule has 0 amide bonds. The first-order chi connectivity index (χ1) is 7.02. The zero-order valence-corrected chi connectivity index (χ0v) is 10.2. The summed E-state index contributed by atoms with van der Waals surface area (Å²) >= 11 is 0. The van der Waals surface area contributed by atoms with Crippen molar-refractivity contribution < 1.29 is 4.39 Å². The number of halogens is 1. The zero-order chi connectivity index (χ0) is 11.8. The van der Waals surface area contributed by atoms with E-state index < -0.39 is 0 Å². The van der Waals surface area contributed by atoms with Gasteiger partial charge in [0.25, 0.3) is 0 Å². The first kappa shape index (κ1) is 14.1. The lowest BCUT2D eigenvalue weighted by Crippen LogP contribution is -2.31. The fourth-order valence-corrected chi connectivity index (χ4v) is 1.43. The van der Waals surface area contributed by atoms with Crippen molar-refractivity contribution in [2.24, 2.45) is 5.92 Å². The smallest absolute Gasteiger partial charge is 0.0867 e. The normalized spacial score (nSPS) is 17.1. The summed E-state index contributed by atoms with van der Waals surface area (Å²) in [5.41, 5.74) is 1.07. The Kier molecular flexibility index (Phi) is 6.97. The van der Waals surface area contributed by atoms with E-state index in [4.69, 9.17) is 0 Å². The number of hydrogen-bond acceptors (Lipinski definition) is 1. The van der Waals surface area contributed by atoms with Crippen molar-refractivity contribution in [3.05, 3.63) is 36.7 Å². The third-order valence-electron chi connectivity index (χ3n) is 2.84. The fourth-order valence-electron chi connectivity index (χ4n) is 1.43. The van der Waals surface area contributed by atoms with Gasteiger partial charge in [-0.25, -0.2) is 4.39 Å². The monoisotopic (exact) mass is 211 g/mol. The highest BCUT2D eigenvalue weighted by molar-refractivity contribution is 5.22. The highest BCUT2D eigenvalue weighted by Gasteiger charge is 2.14. The maximum atomic E-state index is 11.8. The molecule has 15 heavy (non-hydrogen) atoms. The summed E-state index contributed by atoms with van der Waals surface area (Å²) in [6.45, 7) is 8.12. The molecule has 0 N–H and O–H groups in total. The minimum atomic E-state index is 0.503. The van der Waals surface area contributed by atoms with Crippen LogP contribution >= 0.6 is 0 Å². The molecular weight excluding hydrogens is 189 g/mol. The molecule has 1 nitrogen and oxygen atoms in total. The maximum Gasteiger partial charge on any atom is 0.0867 e. The Bertz CT molecular complexity index is 241.